The number of carboxylic acid groups (broad SMARTS) is 1. The van der Waals surface area contributed by atoms with Crippen LogP contribution in [0.15, 0.2) is 24.3 Å². The number of carboxylic acids is 1. The number of hydrogen-bond donors (Lipinski definition) is 1. The normalized spacial score (nSPS) is 17.6. The molecule has 1 aliphatic rings. The highest BCUT2D eigenvalue weighted by molar-refractivity contribution is 5.66. The molecule has 26 heavy (non-hydrogen) atoms. The number of benzene rings is 1. The Morgan fingerprint density at radius 2 is 2.04 bits per heavy atom. The van der Waals surface area contributed by atoms with Crippen LogP contribution in [-0.2, 0) is 9.53 Å². The summed E-state index contributed by atoms with van der Waals surface area (Å²) >= 11 is 0. The fourth-order valence-corrected chi connectivity index (χ4v) is 2.99. The van der Waals surface area contributed by atoms with Crippen LogP contribution >= 0.6 is 0 Å². The standard InChI is InChI=1S/C20H28N2O4/c21-11-4-2-1-3-5-14-25-18-8-6-17(7-9-18)19-16-22(13-15-26-19)12-10-20(23)24/h6-9,19H,1-5,10,12-16H2,(H,23,24)/t19-/m1/s1. The van der Waals surface area contributed by atoms with Gasteiger partial charge in [-0.05, 0) is 30.5 Å². The Balaban J connectivity index is 1.71. The van der Waals surface area contributed by atoms with Crippen molar-refractivity contribution in [1.82, 2.24) is 4.90 Å². The smallest absolute Gasteiger partial charge is 0.304 e. The van der Waals surface area contributed by atoms with Gasteiger partial charge >= 0.3 is 5.97 Å². The van der Waals surface area contributed by atoms with Gasteiger partial charge in [-0.3, -0.25) is 9.69 Å². The quantitative estimate of drug-likeness (QED) is 0.609. The molecule has 6 heteroatoms. The summed E-state index contributed by atoms with van der Waals surface area (Å²) in [5, 5.41) is 17.3. The summed E-state index contributed by atoms with van der Waals surface area (Å²) in [5.41, 5.74) is 1.09. The molecule has 0 bridgehead atoms. The van der Waals surface area contributed by atoms with E-state index < -0.39 is 5.97 Å². The molecule has 0 spiro atoms. The first-order valence-corrected chi connectivity index (χ1v) is 9.34. The molecule has 1 aromatic rings. The topological polar surface area (TPSA) is 82.8 Å². The van der Waals surface area contributed by atoms with Crippen molar-refractivity contribution in [2.24, 2.45) is 0 Å². The largest absolute Gasteiger partial charge is 0.494 e. The van der Waals surface area contributed by atoms with Gasteiger partial charge in [0.1, 0.15) is 5.75 Å². The van der Waals surface area contributed by atoms with E-state index in [2.05, 4.69) is 11.0 Å². The lowest BCUT2D eigenvalue weighted by Gasteiger charge is -2.32. The second-order valence-corrected chi connectivity index (χ2v) is 6.54. The summed E-state index contributed by atoms with van der Waals surface area (Å²) in [6.07, 6.45) is 4.91. The molecule has 1 saturated heterocycles. The van der Waals surface area contributed by atoms with Crippen LogP contribution in [0.4, 0.5) is 0 Å². The molecule has 1 atom stereocenters. The van der Waals surface area contributed by atoms with E-state index in [1.165, 1.54) is 0 Å². The maximum atomic E-state index is 10.7. The van der Waals surface area contributed by atoms with Gasteiger partial charge in [-0.25, -0.2) is 0 Å². The summed E-state index contributed by atoms with van der Waals surface area (Å²) in [6.45, 7) is 3.36. The summed E-state index contributed by atoms with van der Waals surface area (Å²) in [7, 11) is 0. The van der Waals surface area contributed by atoms with Crippen LogP contribution in [0.3, 0.4) is 0 Å². The number of ether oxygens (including phenoxy) is 2. The molecule has 1 N–H and O–H groups in total. The summed E-state index contributed by atoms with van der Waals surface area (Å²) in [6, 6.07) is 10.1. The Hall–Kier alpha value is -2.10. The Morgan fingerprint density at radius 1 is 1.27 bits per heavy atom. The Labute approximate surface area is 155 Å². The Kier molecular flexibility index (Phi) is 8.94. The maximum absolute atomic E-state index is 10.7. The maximum Gasteiger partial charge on any atom is 0.304 e. The molecule has 0 amide bonds. The molecule has 1 aromatic carbocycles. The van der Waals surface area contributed by atoms with Crippen molar-refractivity contribution in [1.29, 1.82) is 5.26 Å². The van der Waals surface area contributed by atoms with Gasteiger partial charge in [-0.2, -0.15) is 5.26 Å². The highest BCUT2D eigenvalue weighted by atomic mass is 16.5. The van der Waals surface area contributed by atoms with Crippen LogP contribution in [0.5, 0.6) is 5.75 Å². The molecule has 0 aromatic heterocycles. The number of hydrogen-bond acceptors (Lipinski definition) is 5. The lowest BCUT2D eigenvalue weighted by Crippen LogP contribution is -2.39. The van der Waals surface area contributed by atoms with Gasteiger partial charge in [0.15, 0.2) is 0 Å². The van der Waals surface area contributed by atoms with Gasteiger partial charge in [-0.15, -0.1) is 0 Å². The van der Waals surface area contributed by atoms with Gasteiger partial charge in [-0.1, -0.05) is 25.0 Å². The van der Waals surface area contributed by atoms with E-state index in [1.54, 1.807) is 0 Å². The van der Waals surface area contributed by atoms with E-state index in [4.69, 9.17) is 19.8 Å². The number of morpholine rings is 1. The highest BCUT2D eigenvalue weighted by Gasteiger charge is 2.22. The van der Waals surface area contributed by atoms with E-state index in [0.29, 0.717) is 26.2 Å². The lowest BCUT2D eigenvalue weighted by atomic mass is 10.1. The molecule has 2 rings (SSSR count). The van der Waals surface area contributed by atoms with Crippen molar-refractivity contribution in [3.63, 3.8) is 0 Å². The van der Waals surface area contributed by atoms with E-state index in [9.17, 15) is 4.79 Å². The first kappa shape index (κ1) is 20.2. The van der Waals surface area contributed by atoms with Crippen LogP contribution in [0.2, 0.25) is 0 Å². The number of aliphatic carboxylic acids is 1. The van der Waals surface area contributed by atoms with Crippen LogP contribution in [0, 0.1) is 11.3 Å². The average molecular weight is 360 g/mol. The third kappa shape index (κ3) is 7.42. The fraction of sp³-hybridized carbons (Fsp3) is 0.600. The van der Waals surface area contributed by atoms with Gasteiger partial charge in [0.2, 0.25) is 0 Å². The average Bonchev–Trinajstić information content (AvgIpc) is 2.66. The van der Waals surface area contributed by atoms with Crippen molar-refractivity contribution >= 4 is 5.97 Å². The summed E-state index contributed by atoms with van der Waals surface area (Å²) < 4.78 is 11.6. The first-order chi connectivity index (χ1) is 12.7. The lowest BCUT2D eigenvalue weighted by molar-refractivity contribution is -0.137. The molecule has 6 nitrogen and oxygen atoms in total. The van der Waals surface area contributed by atoms with E-state index in [1.807, 2.05) is 24.3 Å². The van der Waals surface area contributed by atoms with E-state index >= 15 is 0 Å². The van der Waals surface area contributed by atoms with Crippen LogP contribution in [0.1, 0.15) is 50.2 Å². The SMILES string of the molecule is N#CCCCCCCOc1ccc([C@H]2CN(CCC(=O)O)CCO2)cc1. The summed E-state index contributed by atoms with van der Waals surface area (Å²) in [5.74, 6) is 0.0870. The number of nitriles is 1. The second kappa shape index (κ2) is 11.5. The number of unbranched alkanes of at least 4 members (excludes halogenated alkanes) is 4. The number of rotatable bonds is 11. The Morgan fingerprint density at radius 3 is 2.77 bits per heavy atom. The molecule has 0 unspecified atom stereocenters. The molecule has 0 radical (unpaired) electrons. The zero-order valence-electron chi connectivity index (χ0n) is 15.2. The number of carbonyl (C=O) groups is 1. The van der Waals surface area contributed by atoms with Crippen LogP contribution < -0.4 is 4.74 Å². The minimum absolute atomic E-state index is 0.0215. The third-order valence-electron chi connectivity index (χ3n) is 4.50. The van der Waals surface area contributed by atoms with Crippen LogP contribution in [-0.4, -0.2) is 48.8 Å². The first-order valence-electron chi connectivity index (χ1n) is 9.34. The molecule has 0 aliphatic carbocycles. The minimum Gasteiger partial charge on any atom is -0.494 e. The zero-order valence-corrected chi connectivity index (χ0v) is 15.2. The van der Waals surface area contributed by atoms with Gasteiger partial charge in [0.05, 0.1) is 31.8 Å². The third-order valence-corrected chi connectivity index (χ3v) is 4.50. The molecule has 1 fully saturated rings. The molecule has 142 valence electrons. The van der Waals surface area contributed by atoms with Crippen LogP contribution in [0.25, 0.3) is 0 Å². The highest BCUT2D eigenvalue weighted by Crippen LogP contribution is 2.24. The molecule has 0 saturated carbocycles. The van der Waals surface area contributed by atoms with Crippen molar-refractivity contribution in [2.45, 2.75) is 44.6 Å². The molecule has 1 heterocycles. The van der Waals surface area contributed by atoms with Crippen molar-refractivity contribution in [3.05, 3.63) is 29.8 Å². The monoisotopic (exact) mass is 360 g/mol. The molecular weight excluding hydrogens is 332 g/mol. The molecular formula is C20H28N2O4. The predicted octanol–water partition coefficient (Wildman–Crippen LogP) is 3.39. The minimum atomic E-state index is -0.764. The van der Waals surface area contributed by atoms with E-state index in [0.717, 1.165) is 50.1 Å². The van der Waals surface area contributed by atoms with E-state index in [-0.39, 0.29) is 12.5 Å². The zero-order chi connectivity index (χ0) is 18.6. The van der Waals surface area contributed by atoms with Crippen molar-refractivity contribution in [2.75, 3.05) is 32.8 Å². The Bertz CT molecular complexity index is 582. The van der Waals surface area contributed by atoms with Gasteiger partial charge in [0, 0.05) is 26.1 Å². The molecule has 1 aliphatic heterocycles. The predicted molar refractivity (Wildman–Crippen MR) is 98.0 cm³/mol. The fourth-order valence-electron chi connectivity index (χ4n) is 2.99. The number of nitrogens with zero attached hydrogens (tertiary/aromatic N) is 2. The van der Waals surface area contributed by atoms with Crippen molar-refractivity contribution < 1.29 is 19.4 Å². The summed E-state index contributed by atoms with van der Waals surface area (Å²) in [4.78, 5) is 12.9. The second-order valence-electron chi connectivity index (χ2n) is 6.54. The van der Waals surface area contributed by atoms with Gasteiger partial charge < -0.3 is 14.6 Å². The van der Waals surface area contributed by atoms with Crippen molar-refractivity contribution in [3.8, 4) is 11.8 Å². The van der Waals surface area contributed by atoms with Gasteiger partial charge in [0.25, 0.3) is 0 Å².